The SMILES string of the molecule is CCOC(=O)Cn1n[c-]nn1.O.[W]. The average molecular weight is 357 g/mol. The van der Waals surface area contributed by atoms with Crippen LogP contribution < -0.4 is 0 Å². The van der Waals surface area contributed by atoms with E-state index in [4.69, 9.17) is 0 Å². The predicted molar refractivity (Wildman–Crippen MR) is 36.9 cm³/mol. The summed E-state index contributed by atoms with van der Waals surface area (Å²) in [6.07, 6.45) is 2.22. The number of nitrogens with zero attached hydrogens (tertiary/aromatic N) is 4. The third kappa shape index (κ3) is 5.43. The molecule has 0 radical (unpaired) electrons. The summed E-state index contributed by atoms with van der Waals surface area (Å²) in [5, 5.41) is 10.2. The quantitative estimate of drug-likeness (QED) is 0.470. The van der Waals surface area contributed by atoms with E-state index in [1.807, 2.05) is 0 Å². The summed E-state index contributed by atoms with van der Waals surface area (Å²) in [5.74, 6) is -0.376. The summed E-state index contributed by atoms with van der Waals surface area (Å²) in [6, 6.07) is 0. The number of ether oxygens (including phenoxy) is 1. The molecule has 0 saturated carbocycles. The molecule has 1 rings (SSSR count). The summed E-state index contributed by atoms with van der Waals surface area (Å²) in [5.41, 5.74) is 0. The molecule has 0 unspecified atom stereocenters. The van der Waals surface area contributed by atoms with Gasteiger partial charge in [-0.25, -0.2) is 11.1 Å². The number of esters is 1. The van der Waals surface area contributed by atoms with Crippen LogP contribution in [0.3, 0.4) is 0 Å². The molecule has 0 aromatic carbocycles. The number of hydrogen-bond acceptors (Lipinski definition) is 5. The van der Waals surface area contributed by atoms with E-state index in [0.29, 0.717) is 6.61 Å². The first-order chi connectivity index (χ1) is 5.33. The first kappa shape index (κ1) is 14.7. The fraction of sp³-hybridized carbons (Fsp3) is 0.600. The van der Waals surface area contributed by atoms with Crippen molar-refractivity contribution in [1.29, 1.82) is 0 Å². The summed E-state index contributed by atoms with van der Waals surface area (Å²) in [6.45, 7) is 2.08. The van der Waals surface area contributed by atoms with Crippen molar-refractivity contribution in [2.75, 3.05) is 6.61 Å². The van der Waals surface area contributed by atoms with E-state index in [9.17, 15) is 4.79 Å². The maximum atomic E-state index is 10.7. The van der Waals surface area contributed by atoms with Crippen LogP contribution in [0, 0.1) is 6.33 Å². The van der Waals surface area contributed by atoms with Crippen LogP contribution in [0.5, 0.6) is 0 Å². The summed E-state index contributed by atoms with van der Waals surface area (Å²) >= 11 is 0. The van der Waals surface area contributed by atoms with Gasteiger partial charge in [-0.2, -0.15) is 4.80 Å². The molecule has 13 heavy (non-hydrogen) atoms. The fourth-order valence-electron chi connectivity index (χ4n) is 0.552. The Labute approximate surface area is 89.0 Å². The van der Waals surface area contributed by atoms with Gasteiger partial charge in [-0.15, -0.1) is 0 Å². The van der Waals surface area contributed by atoms with Crippen molar-refractivity contribution in [1.82, 2.24) is 20.2 Å². The van der Waals surface area contributed by atoms with Gasteiger partial charge < -0.3 is 20.4 Å². The zero-order valence-electron chi connectivity index (χ0n) is 6.93. The van der Waals surface area contributed by atoms with E-state index in [0.717, 1.165) is 4.80 Å². The zero-order valence-corrected chi connectivity index (χ0v) is 9.86. The van der Waals surface area contributed by atoms with Crippen LogP contribution in [0.25, 0.3) is 0 Å². The van der Waals surface area contributed by atoms with Crippen LogP contribution in [-0.4, -0.2) is 38.3 Å². The topological polar surface area (TPSA) is 101 Å². The molecule has 0 bridgehead atoms. The van der Waals surface area contributed by atoms with Gasteiger partial charge in [0.1, 0.15) is 0 Å². The van der Waals surface area contributed by atoms with Gasteiger partial charge in [0.25, 0.3) is 0 Å². The number of aromatic nitrogens is 4. The summed E-state index contributed by atoms with van der Waals surface area (Å²) in [7, 11) is 0. The Morgan fingerprint density at radius 3 is 2.77 bits per heavy atom. The molecule has 0 amide bonds. The molecule has 0 spiro atoms. The van der Waals surface area contributed by atoms with Crippen LogP contribution in [-0.2, 0) is 37.1 Å². The van der Waals surface area contributed by atoms with Crippen LogP contribution in [0.1, 0.15) is 6.92 Å². The Hall–Kier alpha value is -0.812. The van der Waals surface area contributed by atoms with Crippen LogP contribution >= 0.6 is 0 Å². The molecule has 8 heteroatoms. The molecule has 2 N–H and O–H groups in total. The summed E-state index contributed by atoms with van der Waals surface area (Å²) < 4.78 is 4.63. The first-order valence-corrected chi connectivity index (χ1v) is 3.12. The van der Waals surface area contributed by atoms with E-state index in [1.165, 1.54) is 0 Å². The van der Waals surface area contributed by atoms with Crippen molar-refractivity contribution in [2.45, 2.75) is 13.5 Å². The Bertz CT molecular complexity index is 228. The third-order valence-corrected chi connectivity index (χ3v) is 0.929. The molecule has 1 aromatic heterocycles. The number of carbonyl (C=O) groups excluding carboxylic acids is 1. The van der Waals surface area contributed by atoms with E-state index < -0.39 is 0 Å². The fourth-order valence-corrected chi connectivity index (χ4v) is 0.552. The number of tetrazole rings is 1. The smallest absolute Gasteiger partial charge is 0.329 e. The number of rotatable bonds is 3. The molecule has 0 aliphatic rings. The molecule has 1 heterocycles. The molecule has 0 aliphatic heterocycles. The Kier molecular flexibility index (Phi) is 8.84. The second kappa shape index (κ2) is 7.82. The molecular weight excluding hydrogens is 348 g/mol. The van der Waals surface area contributed by atoms with Gasteiger partial charge in [0, 0.05) is 21.1 Å². The van der Waals surface area contributed by atoms with Gasteiger partial charge in [0.05, 0.1) is 6.61 Å². The van der Waals surface area contributed by atoms with E-state index in [2.05, 4.69) is 26.5 Å². The van der Waals surface area contributed by atoms with E-state index in [-0.39, 0.29) is 39.1 Å². The third-order valence-electron chi connectivity index (χ3n) is 0.929. The predicted octanol–water partition coefficient (Wildman–Crippen LogP) is -1.79. The number of hydrogen-bond donors (Lipinski definition) is 0. The molecule has 0 saturated heterocycles. The maximum absolute atomic E-state index is 10.7. The average Bonchev–Trinajstić information content (AvgIpc) is 2.40. The second-order valence-corrected chi connectivity index (χ2v) is 1.72. The normalized spacial score (nSPS) is 8.08. The van der Waals surface area contributed by atoms with Crippen LogP contribution in [0.4, 0.5) is 0 Å². The van der Waals surface area contributed by atoms with Crippen molar-refractivity contribution < 1.29 is 36.1 Å². The largest absolute Gasteiger partial charge is 0.465 e. The van der Waals surface area contributed by atoms with Crippen molar-refractivity contribution >= 4 is 5.97 Å². The molecule has 74 valence electrons. The molecule has 1 aromatic rings. The minimum Gasteiger partial charge on any atom is -0.465 e. The standard InChI is InChI=1S/C5H7N4O2.H2O.W/c1-2-11-5(10)3-9-7-4-6-8-9;;/h2-3H2,1H3;1H2;/q-1;;. The number of carbonyl (C=O) groups is 1. The van der Waals surface area contributed by atoms with Gasteiger partial charge in [0.15, 0.2) is 6.54 Å². The van der Waals surface area contributed by atoms with Gasteiger partial charge in [-0.1, -0.05) is 5.21 Å². The molecular formula is C5H9N4O3W-. The van der Waals surface area contributed by atoms with Gasteiger partial charge in [-0.05, 0) is 6.92 Å². The molecule has 0 aliphatic carbocycles. The van der Waals surface area contributed by atoms with Crippen molar-refractivity contribution in [3.63, 3.8) is 0 Å². The molecule has 0 fully saturated rings. The molecule has 7 nitrogen and oxygen atoms in total. The minimum atomic E-state index is -0.376. The second-order valence-electron chi connectivity index (χ2n) is 1.72. The van der Waals surface area contributed by atoms with Gasteiger partial charge in [-0.3, -0.25) is 0 Å². The molecule has 0 atom stereocenters. The Morgan fingerprint density at radius 1 is 1.62 bits per heavy atom. The Balaban J connectivity index is 0. The monoisotopic (exact) mass is 357 g/mol. The maximum Gasteiger partial charge on any atom is 0.329 e. The van der Waals surface area contributed by atoms with E-state index in [1.54, 1.807) is 6.92 Å². The van der Waals surface area contributed by atoms with Gasteiger partial charge >= 0.3 is 5.97 Å². The van der Waals surface area contributed by atoms with Crippen LogP contribution in [0.15, 0.2) is 0 Å². The first-order valence-electron chi connectivity index (χ1n) is 3.12. The zero-order chi connectivity index (χ0) is 8.10. The van der Waals surface area contributed by atoms with Crippen molar-refractivity contribution in [3.05, 3.63) is 6.33 Å². The van der Waals surface area contributed by atoms with Crippen molar-refractivity contribution in [3.8, 4) is 0 Å². The van der Waals surface area contributed by atoms with Gasteiger partial charge in [0.2, 0.25) is 0 Å². The van der Waals surface area contributed by atoms with Crippen molar-refractivity contribution in [2.24, 2.45) is 0 Å². The van der Waals surface area contributed by atoms with Crippen LogP contribution in [0.2, 0.25) is 0 Å². The Morgan fingerprint density at radius 2 is 2.31 bits per heavy atom. The minimum absolute atomic E-state index is 0. The van der Waals surface area contributed by atoms with E-state index >= 15 is 0 Å². The summed E-state index contributed by atoms with van der Waals surface area (Å²) in [4.78, 5) is 11.9.